The van der Waals surface area contributed by atoms with Crippen LogP contribution >= 0.6 is 11.8 Å². The third-order valence-electron chi connectivity index (χ3n) is 5.11. The molecule has 10 heteroatoms. The summed E-state index contributed by atoms with van der Waals surface area (Å²) in [5.74, 6) is -1.64. The summed E-state index contributed by atoms with van der Waals surface area (Å²) in [6, 6.07) is 11.1. The first-order valence-electron chi connectivity index (χ1n) is 10.2. The minimum Gasteiger partial charge on any atom is -0.378 e. The summed E-state index contributed by atoms with van der Waals surface area (Å²) < 4.78 is 34.0. The van der Waals surface area contributed by atoms with Gasteiger partial charge in [0.2, 0.25) is 11.9 Å². The van der Waals surface area contributed by atoms with Crippen LogP contribution in [0.1, 0.15) is 12.5 Å². The van der Waals surface area contributed by atoms with E-state index < -0.39 is 16.9 Å². The lowest BCUT2D eigenvalue weighted by molar-refractivity contribution is -0.115. The van der Waals surface area contributed by atoms with Crippen molar-refractivity contribution in [2.75, 3.05) is 36.5 Å². The SMILES string of the molecule is Cc1ccccc1-n1c(SC(C)C(=O)Nc2ccc(F)c(F)c2)nnc1N1CCOCC1. The molecule has 1 atom stereocenters. The van der Waals surface area contributed by atoms with E-state index in [1.807, 2.05) is 35.8 Å². The van der Waals surface area contributed by atoms with Crippen molar-refractivity contribution >= 4 is 29.3 Å². The van der Waals surface area contributed by atoms with Crippen molar-refractivity contribution in [2.45, 2.75) is 24.3 Å². The van der Waals surface area contributed by atoms with Gasteiger partial charge in [-0.2, -0.15) is 0 Å². The van der Waals surface area contributed by atoms with Crippen molar-refractivity contribution in [3.63, 3.8) is 0 Å². The van der Waals surface area contributed by atoms with Crippen molar-refractivity contribution in [1.29, 1.82) is 0 Å². The highest BCUT2D eigenvalue weighted by molar-refractivity contribution is 8.00. The molecular weight excluding hydrogens is 436 g/mol. The van der Waals surface area contributed by atoms with Gasteiger partial charge in [-0.05, 0) is 37.6 Å². The number of nitrogens with one attached hydrogen (secondary N) is 1. The number of anilines is 2. The molecule has 1 aromatic heterocycles. The Labute approximate surface area is 188 Å². The van der Waals surface area contributed by atoms with Crippen molar-refractivity contribution in [3.05, 3.63) is 59.7 Å². The molecule has 7 nitrogen and oxygen atoms in total. The van der Waals surface area contributed by atoms with Gasteiger partial charge in [0.15, 0.2) is 16.8 Å². The van der Waals surface area contributed by atoms with Gasteiger partial charge in [0, 0.05) is 24.8 Å². The predicted molar refractivity (Wildman–Crippen MR) is 119 cm³/mol. The fourth-order valence-electron chi connectivity index (χ4n) is 3.36. The molecule has 32 heavy (non-hydrogen) atoms. The number of benzene rings is 2. The number of nitrogens with zero attached hydrogens (tertiary/aromatic N) is 4. The fourth-order valence-corrected chi connectivity index (χ4v) is 4.22. The first-order valence-corrected chi connectivity index (χ1v) is 11.1. The van der Waals surface area contributed by atoms with Crippen molar-refractivity contribution < 1.29 is 18.3 Å². The average molecular weight is 460 g/mol. The molecule has 1 fully saturated rings. The van der Waals surface area contributed by atoms with Crippen LogP contribution in [0, 0.1) is 18.6 Å². The highest BCUT2D eigenvalue weighted by Crippen LogP contribution is 2.31. The second-order valence-corrected chi connectivity index (χ2v) is 8.69. The van der Waals surface area contributed by atoms with Crippen molar-refractivity contribution in [2.24, 2.45) is 0 Å². The molecule has 3 aromatic rings. The predicted octanol–water partition coefficient (Wildman–Crippen LogP) is 3.81. The summed E-state index contributed by atoms with van der Waals surface area (Å²) >= 11 is 1.24. The van der Waals surface area contributed by atoms with E-state index in [0.29, 0.717) is 37.4 Å². The van der Waals surface area contributed by atoms with Crippen LogP contribution in [0.2, 0.25) is 0 Å². The molecule has 0 radical (unpaired) electrons. The maximum atomic E-state index is 13.5. The van der Waals surface area contributed by atoms with Crippen molar-refractivity contribution in [1.82, 2.24) is 14.8 Å². The molecule has 0 spiro atoms. The lowest BCUT2D eigenvalue weighted by Gasteiger charge is -2.28. The van der Waals surface area contributed by atoms with Crippen LogP contribution in [0.25, 0.3) is 5.69 Å². The maximum Gasteiger partial charge on any atom is 0.237 e. The van der Waals surface area contributed by atoms with E-state index in [1.54, 1.807) is 6.92 Å². The van der Waals surface area contributed by atoms with Gasteiger partial charge in [0.1, 0.15) is 0 Å². The molecule has 2 aromatic carbocycles. The first kappa shape index (κ1) is 22.2. The molecule has 2 heterocycles. The number of rotatable bonds is 6. The molecule has 0 saturated carbocycles. The third-order valence-corrected chi connectivity index (χ3v) is 6.15. The molecule has 0 bridgehead atoms. The topological polar surface area (TPSA) is 72.3 Å². The Balaban J connectivity index is 1.59. The van der Waals surface area contributed by atoms with Crippen LogP contribution in [0.3, 0.4) is 0 Å². The zero-order chi connectivity index (χ0) is 22.7. The summed E-state index contributed by atoms with van der Waals surface area (Å²) in [4.78, 5) is 14.8. The van der Waals surface area contributed by atoms with E-state index in [2.05, 4.69) is 20.4 Å². The van der Waals surface area contributed by atoms with E-state index in [-0.39, 0.29) is 11.6 Å². The second kappa shape index (κ2) is 9.66. The molecule has 4 rings (SSSR count). The number of ether oxygens (including phenoxy) is 1. The zero-order valence-corrected chi connectivity index (χ0v) is 18.5. The Morgan fingerprint density at radius 2 is 1.88 bits per heavy atom. The largest absolute Gasteiger partial charge is 0.378 e. The minimum atomic E-state index is -1.02. The zero-order valence-electron chi connectivity index (χ0n) is 17.7. The maximum absolute atomic E-state index is 13.5. The summed E-state index contributed by atoms with van der Waals surface area (Å²) in [5, 5.41) is 11.4. The van der Waals surface area contributed by atoms with Crippen LogP contribution in [0.15, 0.2) is 47.6 Å². The molecule has 1 unspecified atom stereocenters. The van der Waals surface area contributed by atoms with E-state index in [4.69, 9.17) is 4.74 Å². The van der Waals surface area contributed by atoms with E-state index >= 15 is 0 Å². The van der Waals surface area contributed by atoms with E-state index in [1.165, 1.54) is 17.8 Å². The molecular formula is C22H23F2N5O2S. The Morgan fingerprint density at radius 1 is 1.12 bits per heavy atom. The summed E-state index contributed by atoms with van der Waals surface area (Å²) in [6.07, 6.45) is 0. The Kier molecular flexibility index (Phi) is 6.71. The highest BCUT2D eigenvalue weighted by Gasteiger charge is 2.25. The molecule has 1 aliphatic rings. The molecule has 0 aliphatic carbocycles. The van der Waals surface area contributed by atoms with Gasteiger partial charge in [-0.15, -0.1) is 10.2 Å². The summed E-state index contributed by atoms with van der Waals surface area (Å²) in [6.45, 7) is 6.34. The number of carbonyl (C=O) groups is 1. The number of morpholine rings is 1. The van der Waals surface area contributed by atoms with Crippen molar-refractivity contribution in [3.8, 4) is 5.69 Å². The minimum absolute atomic E-state index is 0.190. The Morgan fingerprint density at radius 3 is 2.59 bits per heavy atom. The number of aryl methyl sites for hydroxylation is 1. The molecule has 1 saturated heterocycles. The second-order valence-electron chi connectivity index (χ2n) is 7.38. The standard InChI is InChI=1S/C22H23F2N5O2S/c1-14-5-3-4-6-19(14)29-21(28-9-11-31-12-10-28)26-27-22(29)32-15(2)20(30)25-16-7-8-17(23)18(24)13-16/h3-8,13,15H,9-12H2,1-2H3,(H,25,30). The number of hydrogen-bond donors (Lipinski definition) is 1. The highest BCUT2D eigenvalue weighted by atomic mass is 32.2. The van der Waals surface area contributed by atoms with Gasteiger partial charge in [-0.25, -0.2) is 8.78 Å². The smallest absolute Gasteiger partial charge is 0.237 e. The normalized spacial score (nSPS) is 14.9. The van der Waals surface area contributed by atoms with E-state index in [9.17, 15) is 13.6 Å². The first-order chi connectivity index (χ1) is 15.4. The average Bonchev–Trinajstić information content (AvgIpc) is 3.20. The molecule has 1 aliphatic heterocycles. The quantitative estimate of drug-likeness (QED) is 0.566. The van der Waals surface area contributed by atoms with Crippen LogP contribution in [0.4, 0.5) is 20.4 Å². The number of para-hydroxylation sites is 1. The summed E-state index contributed by atoms with van der Waals surface area (Å²) in [7, 11) is 0. The number of halogens is 2. The van der Waals surface area contributed by atoms with Crippen LogP contribution < -0.4 is 10.2 Å². The number of carbonyl (C=O) groups excluding carboxylic acids is 1. The lowest BCUT2D eigenvalue weighted by Crippen LogP contribution is -2.38. The number of amides is 1. The number of aromatic nitrogens is 3. The molecule has 1 amide bonds. The summed E-state index contributed by atoms with van der Waals surface area (Å²) in [5.41, 5.74) is 2.16. The van der Waals surface area contributed by atoms with E-state index in [0.717, 1.165) is 23.4 Å². The Bertz CT molecular complexity index is 1120. The monoisotopic (exact) mass is 459 g/mol. The van der Waals surface area contributed by atoms with Gasteiger partial charge >= 0.3 is 0 Å². The molecule has 1 N–H and O–H groups in total. The van der Waals surface area contributed by atoms with Gasteiger partial charge in [-0.3, -0.25) is 9.36 Å². The van der Waals surface area contributed by atoms with Gasteiger partial charge in [0.05, 0.1) is 24.2 Å². The lowest BCUT2D eigenvalue weighted by atomic mass is 10.2. The van der Waals surface area contributed by atoms with Crippen LogP contribution in [0.5, 0.6) is 0 Å². The van der Waals surface area contributed by atoms with Gasteiger partial charge < -0.3 is 15.0 Å². The van der Waals surface area contributed by atoms with Crippen LogP contribution in [-0.4, -0.2) is 52.2 Å². The number of thioether (sulfide) groups is 1. The fraction of sp³-hybridized carbons (Fsp3) is 0.318. The van der Waals surface area contributed by atoms with Gasteiger partial charge in [-0.1, -0.05) is 30.0 Å². The third kappa shape index (κ3) is 4.76. The van der Waals surface area contributed by atoms with Crippen LogP contribution in [-0.2, 0) is 9.53 Å². The Hall–Kier alpha value is -2.98. The van der Waals surface area contributed by atoms with Gasteiger partial charge in [0.25, 0.3) is 0 Å². The number of hydrogen-bond acceptors (Lipinski definition) is 6. The molecule has 168 valence electrons.